The maximum Gasteiger partial charge on any atom is 0.184 e. The third-order valence-corrected chi connectivity index (χ3v) is 3.81. The Bertz CT molecular complexity index is 850. The molecule has 0 saturated carbocycles. The first-order chi connectivity index (χ1) is 11.1. The average molecular weight is 307 g/mol. The Kier molecular flexibility index (Phi) is 4.02. The summed E-state index contributed by atoms with van der Waals surface area (Å²) in [7, 11) is 0. The van der Waals surface area contributed by atoms with Gasteiger partial charge >= 0.3 is 0 Å². The van der Waals surface area contributed by atoms with Gasteiger partial charge in [-0.1, -0.05) is 54.1 Å². The molecule has 114 valence electrons. The fourth-order valence-corrected chi connectivity index (χ4v) is 2.47. The molecule has 3 aromatic carbocycles. The van der Waals surface area contributed by atoms with E-state index in [4.69, 9.17) is 0 Å². The second-order valence-corrected chi connectivity index (χ2v) is 5.36. The molecule has 0 bridgehead atoms. The van der Waals surface area contributed by atoms with Crippen LogP contribution in [0.25, 0.3) is 22.3 Å². The zero-order chi connectivity index (χ0) is 16.4. The van der Waals surface area contributed by atoms with Crippen molar-refractivity contribution in [2.75, 3.05) is 0 Å². The molecule has 0 aromatic heterocycles. The minimum Gasteiger partial charge on any atom is -0.261 e. The Labute approximate surface area is 134 Å². The van der Waals surface area contributed by atoms with Gasteiger partial charge in [0, 0.05) is 5.56 Å². The van der Waals surface area contributed by atoms with Crippen molar-refractivity contribution in [2.45, 2.75) is 6.92 Å². The molecule has 3 aromatic rings. The van der Waals surface area contributed by atoms with Gasteiger partial charge in [-0.2, -0.15) is 0 Å². The van der Waals surface area contributed by atoms with Gasteiger partial charge < -0.3 is 0 Å². The van der Waals surface area contributed by atoms with Gasteiger partial charge in [-0.25, -0.2) is 8.78 Å². The smallest absolute Gasteiger partial charge is 0.184 e. The first-order valence-corrected chi connectivity index (χ1v) is 7.22. The Balaban J connectivity index is 1.98. The van der Waals surface area contributed by atoms with E-state index in [0.29, 0.717) is 5.56 Å². The van der Waals surface area contributed by atoms with Crippen LogP contribution in [0.1, 0.15) is 5.56 Å². The minimum absolute atomic E-state index is 0.0810. The summed E-state index contributed by atoms with van der Waals surface area (Å²) in [6.07, 6.45) is 0. The molecule has 0 N–H and O–H groups in total. The van der Waals surface area contributed by atoms with Crippen molar-refractivity contribution in [3.63, 3.8) is 0 Å². The molecule has 23 heavy (non-hydrogen) atoms. The lowest BCUT2D eigenvalue weighted by molar-refractivity contribution is 0.513. The number of aliphatic imine (C=N–C) groups is 1. The van der Waals surface area contributed by atoms with E-state index in [9.17, 15) is 8.78 Å². The third kappa shape index (κ3) is 2.90. The fraction of sp³-hybridized carbons (Fsp3) is 0.0500. The first-order valence-electron chi connectivity index (χ1n) is 7.22. The molecule has 0 fully saturated rings. The van der Waals surface area contributed by atoms with Gasteiger partial charge in [0.05, 0.1) is 0 Å². The van der Waals surface area contributed by atoms with Crippen molar-refractivity contribution >= 4 is 12.4 Å². The molecule has 3 heteroatoms. The van der Waals surface area contributed by atoms with Gasteiger partial charge in [-0.3, -0.25) is 4.99 Å². The lowest BCUT2D eigenvalue weighted by Crippen LogP contribution is -1.90. The first kappa shape index (κ1) is 15.1. The zero-order valence-corrected chi connectivity index (χ0v) is 12.7. The molecule has 0 amide bonds. The molecular weight excluding hydrogens is 292 g/mol. The second-order valence-electron chi connectivity index (χ2n) is 5.36. The number of rotatable bonds is 3. The SMILES string of the molecule is C=Nc1ccc(-c2ccc(-c3ccc(C)cc3)cc2)c(F)c1F. The molecule has 0 aliphatic carbocycles. The standard InChI is InChI=1S/C20H15F2N/c1-13-3-5-14(6-4-13)15-7-9-16(10-8-15)17-11-12-18(23-2)20(22)19(17)21/h3-12H,2H2,1H3. The van der Waals surface area contributed by atoms with E-state index < -0.39 is 11.6 Å². The van der Waals surface area contributed by atoms with Crippen molar-refractivity contribution in [3.05, 3.63) is 77.9 Å². The average Bonchev–Trinajstić information content (AvgIpc) is 2.58. The van der Waals surface area contributed by atoms with Crippen molar-refractivity contribution in [1.29, 1.82) is 0 Å². The Morgan fingerprint density at radius 3 is 1.78 bits per heavy atom. The van der Waals surface area contributed by atoms with E-state index in [-0.39, 0.29) is 11.3 Å². The molecule has 0 aliphatic heterocycles. The number of hydrogen-bond acceptors (Lipinski definition) is 1. The molecule has 0 radical (unpaired) electrons. The van der Waals surface area contributed by atoms with E-state index >= 15 is 0 Å². The Morgan fingerprint density at radius 2 is 1.22 bits per heavy atom. The van der Waals surface area contributed by atoms with Crippen LogP contribution in [0.2, 0.25) is 0 Å². The number of hydrogen-bond donors (Lipinski definition) is 0. The predicted octanol–water partition coefficient (Wildman–Crippen LogP) is 5.94. The highest BCUT2D eigenvalue weighted by atomic mass is 19.2. The van der Waals surface area contributed by atoms with Crippen LogP contribution >= 0.6 is 0 Å². The van der Waals surface area contributed by atoms with E-state index in [1.807, 2.05) is 43.3 Å². The maximum atomic E-state index is 14.1. The fourth-order valence-electron chi connectivity index (χ4n) is 2.47. The molecule has 0 saturated heterocycles. The molecular formula is C20H15F2N. The van der Waals surface area contributed by atoms with Crippen LogP contribution in [-0.2, 0) is 0 Å². The monoisotopic (exact) mass is 307 g/mol. The Hall–Kier alpha value is -2.81. The van der Waals surface area contributed by atoms with Crippen molar-refractivity contribution in [3.8, 4) is 22.3 Å². The number of halogens is 2. The summed E-state index contributed by atoms with van der Waals surface area (Å²) in [6.45, 7) is 5.26. The quantitative estimate of drug-likeness (QED) is 0.531. The lowest BCUT2D eigenvalue weighted by atomic mass is 9.99. The van der Waals surface area contributed by atoms with Gasteiger partial charge in [0.2, 0.25) is 0 Å². The third-order valence-electron chi connectivity index (χ3n) is 3.81. The van der Waals surface area contributed by atoms with Gasteiger partial charge in [0.1, 0.15) is 5.69 Å². The number of benzene rings is 3. The van der Waals surface area contributed by atoms with E-state index in [2.05, 4.69) is 11.7 Å². The lowest BCUT2D eigenvalue weighted by Gasteiger charge is -2.08. The van der Waals surface area contributed by atoms with Crippen LogP contribution in [0.5, 0.6) is 0 Å². The molecule has 0 atom stereocenters. The van der Waals surface area contributed by atoms with Crippen LogP contribution in [0, 0.1) is 18.6 Å². The summed E-state index contributed by atoms with van der Waals surface area (Å²) in [5.41, 5.74) is 4.05. The largest absolute Gasteiger partial charge is 0.261 e. The van der Waals surface area contributed by atoms with Gasteiger partial charge in [-0.05, 0) is 42.5 Å². The molecule has 0 spiro atoms. The van der Waals surface area contributed by atoms with Crippen LogP contribution in [0.15, 0.2) is 65.7 Å². The minimum atomic E-state index is -0.972. The van der Waals surface area contributed by atoms with E-state index in [1.165, 1.54) is 17.7 Å². The highest BCUT2D eigenvalue weighted by molar-refractivity contribution is 5.72. The second kappa shape index (κ2) is 6.13. The van der Waals surface area contributed by atoms with Gasteiger partial charge in [0.15, 0.2) is 11.6 Å². The van der Waals surface area contributed by atoms with Crippen LogP contribution in [0.3, 0.4) is 0 Å². The van der Waals surface area contributed by atoms with Crippen molar-refractivity contribution in [1.82, 2.24) is 0 Å². The Morgan fingerprint density at radius 1 is 0.696 bits per heavy atom. The normalized spacial score (nSPS) is 10.6. The molecule has 0 unspecified atom stereocenters. The van der Waals surface area contributed by atoms with Crippen LogP contribution in [0.4, 0.5) is 14.5 Å². The summed E-state index contributed by atoms with van der Waals surface area (Å²) < 4.78 is 28.0. The summed E-state index contributed by atoms with van der Waals surface area (Å²) in [4.78, 5) is 3.46. The van der Waals surface area contributed by atoms with E-state index in [1.54, 1.807) is 12.1 Å². The van der Waals surface area contributed by atoms with Gasteiger partial charge in [0.25, 0.3) is 0 Å². The topological polar surface area (TPSA) is 12.4 Å². The van der Waals surface area contributed by atoms with Crippen molar-refractivity contribution < 1.29 is 8.78 Å². The van der Waals surface area contributed by atoms with Crippen LogP contribution < -0.4 is 0 Å². The molecule has 1 nitrogen and oxygen atoms in total. The van der Waals surface area contributed by atoms with Gasteiger partial charge in [-0.15, -0.1) is 0 Å². The number of aryl methyl sites for hydroxylation is 1. The molecule has 0 heterocycles. The summed E-state index contributed by atoms with van der Waals surface area (Å²) in [5.74, 6) is -1.88. The highest BCUT2D eigenvalue weighted by Gasteiger charge is 2.14. The zero-order valence-electron chi connectivity index (χ0n) is 12.7. The number of nitrogens with zero attached hydrogens (tertiary/aromatic N) is 1. The summed E-state index contributed by atoms with van der Waals surface area (Å²) >= 11 is 0. The molecule has 0 aliphatic rings. The van der Waals surface area contributed by atoms with Crippen molar-refractivity contribution in [2.24, 2.45) is 4.99 Å². The maximum absolute atomic E-state index is 14.1. The van der Waals surface area contributed by atoms with E-state index in [0.717, 1.165) is 11.1 Å². The predicted molar refractivity (Wildman–Crippen MR) is 91.2 cm³/mol. The summed E-state index contributed by atoms with van der Waals surface area (Å²) in [6, 6.07) is 18.5. The highest BCUT2D eigenvalue weighted by Crippen LogP contribution is 2.31. The van der Waals surface area contributed by atoms with Crippen LogP contribution in [-0.4, -0.2) is 6.72 Å². The molecule has 3 rings (SSSR count). The summed E-state index contributed by atoms with van der Waals surface area (Å²) in [5, 5.41) is 0.